The number of aliphatic hydroxyl groups is 1. The van der Waals surface area contributed by atoms with Gasteiger partial charge in [0.15, 0.2) is 0 Å². The van der Waals surface area contributed by atoms with Gasteiger partial charge in [0, 0.05) is 49.2 Å². The van der Waals surface area contributed by atoms with Crippen LogP contribution in [0.3, 0.4) is 0 Å². The van der Waals surface area contributed by atoms with Crippen molar-refractivity contribution in [1.82, 2.24) is 19.9 Å². The Labute approximate surface area is 196 Å². The largest absolute Gasteiger partial charge is 0.465 e. The molecule has 1 aliphatic carbocycles. The standard InChI is InChI=1S/C24H27N5O3S/c1-15-11-17(13-18(12-15)27-22-25-8-5-19(28-22)16-3-4-16)20-14-26-21(33-20)24(32)6-2-9-29(10-7-24)23(30)31/h5,8,11-14,16,32H,2-4,6-7,9-10H2,1H3,(H,30,31)(H,25,27,28)/t24-/m0/s1. The molecule has 1 aliphatic heterocycles. The number of aromatic nitrogens is 3. The Morgan fingerprint density at radius 3 is 2.85 bits per heavy atom. The minimum atomic E-state index is -1.10. The van der Waals surface area contributed by atoms with E-state index < -0.39 is 11.7 Å². The van der Waals surface area contributed by atoms with Crippen molar-refractivity contribution in [2.45, 2.75) is 50.5 Å². The maximum Gasteiger partial charge on any atom is 0.407 e. The number of carboxylic acid groups (broad SMARTS) is 1. The molecule has 2 aromatic heterocycles. The predicted octanol–water partition coefficient (Wildman–Crippen LogP) is 4.88. The van der Waals surface area contributed by atoms with Gasteiger partial charge in [-0.05, 0) is 61.9 Å². The lowest BCUT2D eigenvalue weighted by molar-refractivity contribution is 0.0213. The van der Waals surface area contributed by atoms with E-state index >= 15 is 0 Å². The number of hydrogen-bond donors (Lipinski definition) is 3. The summed E-state index contributed by atoms with van der Waals surface area (Å²) >= 11 is 1.46. The third-order valence-electron chi connectivity index (χ3n) is 6.28. The van der Waals surface area contributed by atoms with Gasteiger partial charge in [-0.1, -0.05) is 6.07 Å². The summed E-state index contributed by atoms with van der Waals surface area (Å²) in [4.78, 5) is 27.2. The summed E-state index contributed by atoms with van der Waals surface area (Å²) in [5.41, 5.74) is 2.98. The number of benzene rings is 1. The van der Waals surface area contributed by atoms with E-state index in [0.29, 0.717) is 49.2 Å². The Kier molecular flexibility index (Phi) is 5.76. The molecule has 1 amide bonds. The highest BCUT2D eigenvalue weighted by Gasteiger charge is 2.36. The molecule has 1 saturated carbocycles. The van der Waals surface area contributed by atoms with Crippen LogP contribution in [0.5, 0.6) is 0 Å². The number of nitrogens with zero attached hydrogens (tertiary/aromatic N) is 4. The smallest absolute Gasteiger partial charge is 0.407 e. The Morgan fingerprint density at radius 2 is 2.06 bits per heavy atom. The van der Waals surface area contributed by atoms with Gasteiger partial charge in [0.25, 0.3) is 0 Å². The van der Waals surface area contributed by atoms with Crippen LogP contribution in [0.2, 0.25) is 0 Å². The minimum Gasteiger partial charge on any atom is -0.465 e. The van der Waals surface area contributed by atoms with Crippen molar-refractivity contribution in [1.29, 1.82) is 0 Å². The van der Waals surface area contributed by atoms with Crippen LogP contribution in [0.4, 0.5) is 16.4 Å². The van der Waals surface area contributed by atoms with Crippen molar-refractivity contribution in [2.75, 3.05) is 18.4 Å². The first kappa shape index (κ1) is 21.8. The average Bonchev–Trinajstić information content (AvgIpc) is 3.55. The van der Waals surface area contributed by atoms with Gasteiger partial charge in [-0.15, -0.1) is 11.3 Å². The third-order valence-corrected chi connectivity index (χ3v) is 7.52. The lowest BCUT2D eigenvalue weighted by atomic mass is 9.96. The van der Waals surface area contributed by atoms with Crippen molar-refractivity contribution in [2.24, 2.45) is 0 Å². The quantitative estimate of drug-likeness (QED) is 0.492. The minimum absolute atomic E-state index is 0.305. The second kappa shape index (κ2) is 8.72. The van der Waals surface area contributed by atoms with Crippen molar-refractivity contribution < 1.29 is 15.0 Å². The zero-order valence-corrected chi connectivity index (χ0v) is 19.3. The van der Waals surface area contributed by atoms with Crippen LogP contribution in [0.1, 0.15) is 54.3 Å². The van der Waals surface area contributed by atoms with Crippen molar-refractivity contribution in [3.63, 3.8) is 0 Å². The van der Waals surface area contributed by atoms with Gasteiger partial charge >= 0.3 is 6.09 Å². The first-order chi connectivity index (χ1) is 15.9. The number of thiazole rings is 1. The molecule has 3 aromatic rings. The number of rotatable bonds is 5. The highest BCUT2D eigenvalue weighted by atomic mass is 32.1. The van der Waals surface area contributed by atoms with Gasteiger partial charge in [0.05, 0.1) is 4.88 Å². The lowest BCUT2D eigenvalue weighted by Gasteiger charge is -2.24. The summed E-state index contributed by atoms with van der Waals surface area (Å²) in [6, 6.07) is 8.17. The summed E-state index contributed by atoms with van der Waals surface area (Å²) in [5, 5.41) is 24.5. The van der Waals surface area contributed by atoms with Crippen LogP contribution >= 0.6 is 11.3 Å². The van der Waals surface area contributed by atoms with E-state index in [0.717, 1.165) is 27.4 Å². The van der Waals surface area contributed by atoms with Gasteiger partial charge in [-0.2, -0.15) is 0 Å². The third kappa shape index (κ3) is 4.84. The fourth-order valence-electron chi connectivity index (χ4n) is 4.31. The van der Waals surface area contributed by atoms with Gasteiger partial charge in [-0.3, -0.25) is 0 Å². The number of likely N-dealkylation sites (tertiary alicyclic amines) is 1. The second-order valence-corrected chi connectivity index (χ2v) is 10.0. The molecule has 2 fully saturated rings. The normalized spacial score (nSPS) is 21.0. The summed E-state index contributed by atoms with van der Waals surface area (Å²) < 4.78 is 0. The van der Waals surface area contributed by atoms with E-state index in [-0.39, 0.29) is 0 Å². The molecule has 0 spiro atoms. The molecule has 5 rings (SSSR count). The SMILES string of the molecule is Cc1cc(Nc2nccc(C3CC3)n2)cc(-c2cnc([C@]3(O)CCCN(C(=O)O)CC3)s2)c1. The van der Waals surface area contributed by atoms with Crippen LogP contribution in [0.25, 0.3) is 10.4 Å². The predicted molar refractivity (Wildman–Crippen MR) is 127 cm³/mol. The molecule has 172 valence electrons. The number of amides is 1. The Balaban J connectivity index is 1.36. The highest BCUT2D eigenvalue weighted by Crippen LogP contribution is 2.40. The van der Waals surface area contributed by atoms with E-state index in [2.05, 4.69) is 32.4 Å². The monoisotopic (exact) mass is 465 g/mol. The van der Waals surface area contributed by atoms with E-state index in [1.165, 1.54) is 29.1 Å². The number of nitrogens with one attached hydrogen (secondary N) is 1. The molecule has 1 saturated heterocycles. The van der Waals surface area contributed by atoms with Crippen molar-refractivity contribution in [3.05, 3.63) is 52.9 Å². The molecule has 0 unspecified atom stereocenters. The zero-order valence-electron chi connectivity index (χ0n) is 18.5. The summed E-state index contributed by atoms with van der Waals surface area (Å²) in [6.45, 7) is 2.78. The molecule has 1 aromatic carbocycles. The lowest BCUT2D eigenvalue weighted by Crippen LogP contribution is -2.32. The molecular formula is C24H27N5O3S. The van der Waals surface area contributed by atoms with Gasteiger partial charge in [0.1, 0.15) is 10.6 Å². The number of hydrogen-bond acceptors (Lipinski definition) is 7. The number of carbonyl (C=O) groups is 1. The molecule has 0 bridgehead atoms. The maximum absolute atomic E-state index is 11.3. The molecule has 2 aliphatic rings. The molecule has 1 atom stereocenters. The van der Waals surface area contributed by atoms with Crippen molar-refractivity contribution in [3.8, 4) is 10.4 Å². The van der Waals surface area contributed by atoms with Crippen LogP contribution in [-0.4, -0.2) is 49.2 Å². The molecule has 3 heterocycles. The first-order valence-corrected chi connectivity index (χ1v) is 12.1. The number of anilines is 2. The molecular weight excluding hydrogens is 438 g/mol. The van der Waals surface area contributed by atoms with E-state index in [1.54, 1.807) is 12.4 Å². The van der Waals surface area contributed by atoms with Crippen LogP contribution in [0, 0.1) is 6.92 Å². The Morgan fingerprint density at radius 1 is 1.21 bits per heavy atom. The average molecular weight is 466 g/mol. The fourth-order valence-corrected chi connectivity index (χ4v) is 5.36. The molecule has 3 N–H and O–H groups in total. The van der Waals surface area contributed by atoms with E-state index in [4.69, 9.17) is 0 Å². The zero-order chi connectivity index (χ0) is 23.0. The van der Waals surface area contributed by atoms with Crippen molar-refractivity contribution >= 4 is 29.1 Å². The van der Waals surface area contributed by atoms with Gasteiger partial charge < -0.3 is 20.4 Å². The Hall–Kier alpha value is -3.04. The van der Waals surface area contributed by atoms with Crippen LogP contribution in [0.15, 0.2) is 36.7 Å². The summed E-state index contributed by atoms with van der Waals surface area (Å²) in [7, 11) is 0. The topological polar surface area (TPSA) is 111 Å². The first-order valence-electron chi connectivity index (χ1n) is 11.3. The van der Waals surface area contributed by atoms with Gasteiger partial charge in [-0.25, -0.2) is 19.7 Å². The molecule has 8 nitrogen and oxygen atoms in total. The number of aryl methyl sites for hydroxylation is 1. The second-order valence-electron chi connectivity index (χ2n) is 8.98. The maximum atomic E-state index is 11.3. The highest BCUT2D eigenvalue weighted by molar-refractivity contribution is 7.15. The summed E-state index contributed by atoms with van der Waals surface area (Å²) in [6.07, 6.45) is 6.50. The van der Waals surface area contributed by atoms with Crippen LogP contribution in [-0.2, 0) is 5.60 Å². The molecule has 33 heavy (non-hydrogen) atoms. The van der Waals surface area contributed by atoms with Gasteiger partial charge in [0.2, 0.25) is 5.95 Å². The summed E-state index contributed by atoms with van der Waals surface area (Å²) in [5.74, 6) is 1.16. The molecule has 9 heteroatoms. The Bertz CT molecular complexity index is 1180. The fraction of sp³-hybridized carbons (Fsp3) is 0.417. The van der Waals surface area contributed by atoms with Crippen LogP contribution < -0.4 is 5.32 Å². The van der Waals surface area contributed by atoms with E-state index in [1.807, 2.05) is 19.1 Å². The van der Waals surface area contributed by atoms with E-state index in [9.17, 15) is 15.0 Å². The molecule has 0 radical (unpaired) electrons.